The zero-order valence-corrected chi connectivity index (χ0v) is 11.1. The molecule has 2 heterocycles. The third kappa shape index (κ3) is 3.30. The van der Waals surface area contributed by atoms with Crippen molar-refractivity contribution in [3.05, 3.63) is 22.4 Å². The molecule has 1 N–H and O–H groups in total. The standard InChI is InChI=1S/C13H21NOS/c1-13(2,3)6-11-7-14-8-12(15-11)10-4-5-16-9-10/h4-5,9,11-12,14H,6-8H2,1-3H3. The Bertz CT molecular complexity index is 315. The second-order valence-electron chi connectivity index (χ2n) is 5.73. The Kier molecular flexibility index (Phi) is 3.67. The Morgan fingerprint density at radius 1 is 1.44 bits per heavy atom. The average Bonchev–Trinajstić information content (AvgIpc) is 2.68. The van der Waals surface area contributed by atoms with Crippen molar-refractivity contribution in [2.75, 3.05) is 13.1 Å². The van der Waals surface area contributed by atoms with E-state index in [-0.39, 0.29) is 6.10 Å². The molecule has 1 saturated heterocycles. The van der Waals surface area contributed by atoms with Crippen LogP contribution in [0.25, 0.3) is 0 Å². The summed E-state index contributed by atoms with van der Waals surface area (Å²) in [6, 6.07) is 2.16. The predicted molar refractivity (Wildman–Crippen MR) is 68.9 cm³/mol. The van der Waals surface area contributed by atoms with Crippen molar-refractivity contribution >= 4 is 11.3 Å². The SMILES string of the molecule is CC(C)(C)CC1CNCC(c2ccsc2)O1. The summed E-state index contributed by atoms with van der Waals surface area (Å²) >= 11 is 1.74. The van der Waals surface area contributed by atoms with Crippen LogP contribution in [0.1, 0.15) is 38.9 Å². The van der Waals surface area contributed by atoms with Gasteiger partial charge in [-0.2, -0.15) is 11.3 Å². The van der Waals surface area contributed by atoms with Crippen LogP contribution in [-0.4, -0.2) is 19.2 Å². The smallest absolute Gasteiger partial charge is 0.0961 e. The van der Waals surface area contributed by atoms with Crippen LogP contribution in [0.4, 0.5) is 0 Å². The van der Waals surface area contributed by atoms with E-state index in [2.05, 4.69) is 42.9 Å². The number of hydrogen-bond donors (Lipinski definition) is 1. The van der Waals surface area contributed by atoms with Gasteiger partial charge in [0.25, 0.3) is 0 Å². The first-order valence-corrected chi connectivity index (χ1v) is 6.87. The molecule has 1 aromatic heterocycles. The lowest BCUT2D eigenvalue weighted by Crippen LogP contribution is -2.42. The Morgan fingerprint density at radius 2 is 2.25 bits per heavy atom. The molecule has 0 bridgehead atoms. The molecular weight excluding hydrogens is 218 g/mol. The largest absolute Gasteiger partial charge is 0.368 e. The average molecular weight is 239 g/mol. The second kappa shape index (κ2) is 4.86. The lowest BCUT2D eigenvalue weighted by molar-refractivity contribution is -0.0550. The van der Waals surface area contributed by atoms with Crippen molar-refractivity contribution < 1.29 is 4.74 Å². The van der Waals surface area contributed by atoms with Crippen LogP contribution in [0, 0.1) is 5.41 Å². The van der Waals surface area contributed by atoms with E-state index in [1.807, 2.05) is 0 Å². The quantitative estimate of drug-likeness (QED) is 0.855. The van der Waals surface area contributed by atoms with Gasteiger partial charge in [0.15, 0.2) is 0 Å². The molecule has 90 valence electrons. The molecule has 2 atom stereocenters. The van der Waals surface area contributed by atoms with Crippen molar-refractivity contribution in [2.45, 2.75) is 39.4 Å². The first kappa shape index (κ1) is 12.1. The Balaban J connectivity index is 1.94. The van der Waals surface area contributed by atoms with Gasteiger partial charge in [-0.3, -0.25) is 0 Å². The van der Waals surface area contributed by atoms with Gasteiger partial charge in [0.05, 0.1) is 12.2 Å². The van der Waals surface area contributed by atoms with E-state index >= 15 is 0 Å². The van der Waals surface area contributed by atoms with E-state index in [0.717, 1.165) is 19.5 Å². The van der Waals surface area contributed by atoms with Crippen LogP contribution >= 0.6 is 11.3 Å². The van der Waals surface area contributed by atoms with Gasteiger partial charge >= 0.3 is 0 Å². The zero-order chi connectivity index (χ0) is 11.6. The van der Waals surface area contributed by atoms with Gasteiger partial charge in [-0.05, 0) is 34.2 Å². The fourth-order valence-electron chi connectivity index (χ4n) is 2.16. The van der Waals surface area contributed by atoms with Gasteiger partial charge in [0, 0.05) is 13.1 Å². The van der Waals surface area contributed by atoms with Crippen molar-refractivity contribution in [3.8, 4) is 0 Å². The maximum Gasteiger partial charge on any atom is 0.0961 e. The summed E-state index contributed by atoms with van der Waals surface area (Å²) < 4.78 is 6.15. The van der Waals surface area contributed by atoms with Crippen molar-refractivity contribution in [2.24, 2.45) is 5.41 Å². The van der Waals surface area contributed by atoms with Crippen LogP contribution in [-0.2, 0) is 4.74 Å². The molecule has 1 aliphatic rings. The number of ether oxygens (including phenoxy) is 1. The lowest BCUT2D eigenvalue weighted by atomic mass is 9.88. The Hall–Kier alpha value is -0.380. The number of morpholine rings is 1. The molecule has 2 unspecified atom stereocenters. The number of rotatable bonds is 2. The molecule has 1 fully saturated rings. The molecule has 1 aromatic rings. The third-order valence-corrected chi connectivity index (χ3v) is 3.51. The minimum absolute atomic E-state index is 0.243. The molecule has 0 saturated carbocycles. The minimum atomic E-state index is 0.243. The Morgan fingerprint density at radius 3 is 2.88 bits per heavy atom. The first-order valence-electron chi connectivity index (χ1n) is 5.93. The first-order chi connectivity index (χ1) is 7.54. The van der Waals surface area contributed by atoms with Gasteiger partial charge in [-0.25, -0.2) is 0 Å². The number of hydrogen-bond acceptors (Lipinski definition) is 3. The highest BCUT2D eigenvalue weighted by Gasteiger charge is 2.27. The predicted octanol–water partition coefficient (Wildman–Crippen LogP) is 3.21. The maximum absolute atomic E-state index is 6.15. The normalized spacial score (nSPS) is 26.9. The summed E-state index contributed by atoms with van der Waals surface area (Å²) in [5, 5.41) is 7.78. The van der Waals surface area contributed by atoms with Gasteiger partial charge in [-0.1, -0.05) is 20.8 Å². The molecule has 16 heavy (non-hydrogen) atoms. The van der Waals surface area contributed by atoms with Crippen LogP contribution in [0.2, 0.25) is 0 Å². The van der Waals surface area contributed by atoms with Crippen molar-refractivity contribution in [3.63, 3.8) is 0 Å². The molecule has 0 aliphatic carbocycles. The minimum Gasteiger partial charge on any atom is -0.368 e. The summed E-state index contributed by atoms with van der Waals surface area (Å²) in [7, 11) is 0. The van der Waals surface area contributed by atoms with E-state index < -0.39 is 0 Å². The highest BCUT2D eigenvalue weighted by Crippen LogP contribution is 2.29. The van der Waals surface area contributed by atoms with E-state index in [0.29, 0.717) is 11.5 Å². The molecular formula is C13H21NOS. The van der Waals surface area contributed by atoms with E-state index in [9.17, 15) is 0 Å². The Labute approximate surface area is 102 Å². The van der Waals surface area contributed by atoms with Crippen molar-refractivity contribution in [1.29, 1.82) is 0 Å². The summed E-state index contributed by atoms with van der Waals surface area (Å²) in [6.45, 7) is 8.73. The molecule has 2 nitrogen and oxygen atoms in total. The molecule has 2 rings (SSSR count). The topological polar surface area (TPSA) is 21.3 Å². The molecule has 3 heteroatoms. The van der Waals surface area contributed by atoms with E-state index in [4.69, 9.17) is 4.74 Å². The highest BCUT2D eigenvalue weighted by molar-refractivity contribution is 7.07. The van der Waals surface area contributed by atoms with E-state index in [1.165, 1.54) is 5.56 Å². The molecule has 0 amide bonds. The van der Waals surface area contributed by atoms with Crippen molar-refractivity contribution in [1.82, 2.24) is 5.32 Å². The lowest BCUT2D eigenvalue weighted by Gasteiger charge is -2.34. The number of thiophene rings is 1. The van der Waals surface area contributed by atoms with Gasteiger partial charge in [-0.15, -0.1) is 0 Å². The van der Waals surface area contributed by atoms with Crippen LogP contribution < -0.4 is 5.32 Å². The third-order valence-electron chi connectivity index (χ3n) is 2.81. The second-order valence-corrected chi connectivity index (χ2v) is 6.51. The molecule has 0 spiro atoms. The fraction of sp³-hybridized carbons (Fsp3) is 0.692. The summed E-state index contributed by atoms with van der Waals surface area (Å²) in [4.78, 5) is 0. The maximum atomic E-state index is 6.15. The van der Waals surface area contributed by atoms with E-state index in [1.54, 1.807) is 11.3 Å². The monoisotopic (exact) mass is 239 g/mol. The van der Waals surface area contributed by atoms with Crippen LogP contribution in [0.5, 0.6) is 0 Å². The van der Waals surface area contributed by atoms with Gasteiger partial charge < -0.3 is 10.1 Å². The molecule has 1 aliphatic heterocycles. The zero-order valence-electron chi connectivity index (χ0n) is 10.3. The van der Waals surface area contributed by atoms with Crippen LogP contribution in [0.3, 0.4) is 0 Å². The van der Waals surface area contributed by atoms with Gasteiger partial charge in [0.1, 0.15) is 0 Å². The molecule has 0 radical (unpaired) electrons. The van der Waals surface area contributed by atoms with Crippen LogP contribution in [0.15, 0.2) is 16.8 Å². The fourth-order valence-corrected chi connectivity index (χ4v) is 2.86. The summed E-state index contributed by atoms with van der Waals surface area (Å²) in [5.74, 6) is 0. The van der Waals surface area contributed by atoms with Gasteiger partial charge in [0.2, 0.25) is 0 Å². The number of nitrogens with one attached hydrogen (secondary N) is 1. The summed E-state index contributed by atoms with van der Waals surface area (Å²) in [5.41, 5.74) is 1.65. The highest BCUT2D eigenvalue weighted by atomic mass is 32.1. The summed E-state index contributed by atoms with van der Waals surface area (Å²) in [6.07, 6.45) is 1.70. The molecule has 0 aromatic carbocycles.